The summed E-state index contributed by atoms with van der Waals surface area (Å²) in [6, 6.07) is 64.4. The summed E-state index contributed by atoms with van der Waals surface area (Å²) in [4.78, 5) is 15.3. The van der Waals surface area contributed by atoms with Crippen molar-refractivity contribution in [3.05, 3.63) is 188 Å². The van der Waals surface area contributed by atoms with Gasteiger partial charge in [0.15, 0.2) is 17.5 Å². The molecule has 11 rings (SSSR count). The lowest BCUT2D eigenvalue weighted by Gasteiger charge is -2.10. The molecule has 3 heterocycles. The summed E-state index contributed by atoms with van der Waals surface area (Å²) in [7, 11) is 0. The third-order valence-electron chi connectivity index (χ3n) is 10.5. The topological polar surface area (TPSA) is 65.0 Å². The minimum atomic E-state index is 0.579. The lowest BCUT2D eigenvalue weighted by atomic mass is 9.94. The molecule has 0 atom stereocenters. The van der Waals surface area contributed by atoms with Crippen LogP contribution < -0.4 is 0 Å². The molecule has 5 nitrogen and oxygen atoms in total. The van der Waals surface area contributed by atoms with Crippen molar-refractivity contribution in [1.29, 1.82) is 0 Å². The van der Waals surface area contributed by atoms with Gasteiger partial charge in [-0.15, -0.1) is 0 Å². The summed E-state index contributed by atoms with van der Waals surface area (Å²) in [6.45, 7) is 0. The number of hydrogen-bond donors (Lipinski definition) is 0. The van der Waals surface area contributed by atoms with Crippen molar-refractivity contribution in [2.75, 3.05) is 0 Å². The molecule has 0 fully saturated rings. The van der Waals surface area contributed by atoms with Crippen molar-refractivity contribution in [2.24, 2.45) is 0 Å². The van der Waals surface area contributed by atoms with Gasteiger partial charge < -0.3 is 8.83 Å². The van der Waals surface area contributed by atoms with Gasteiger partial charge in [0.1, 0.15) is 22.3 Å². The van der Waals surface area contributed by atoms with Crippen LogP contribution in [0.25, 0.3) is 111 Å². The van der Waals surface area contributed by atoms with Crippen LogP contribution in [0.15, 0.2) is 197 Å². The van der Waals surface area contributed by atoms with Crippen molar-refractivity contribution < 1.29 is 8.83 Å². The Bertz CT molecular complexity index is 3240. The number of hydrogen-bond acceptors (Lipinski definition) is 5. The molecular weight excluding hydrogens is 687 g/mol. The van der Waals surface area contributed by atoms with Gasteiger partial charge in [0.05, 0.1) is 0 Å². The van der Waals surface area contributed by atoms with Crippen LogP contribution in [-0.4, -0.2) is 15.0 Å². The third kappa shape index (κ3) is 5.37. The standard InChI is InChI=1S/C51H31N3O2/c1-4-15-32(16-5-1)35-21-12-22-36(29-35)50-52-49(34-19-8-3-9-20-34)53-51(54-50)41-26-14-28-45-46(41)40-25-13-24-38(47(40)56-45)37-30-42(33-17-6-2-7-18-33)48-43(31-37)39-23-10-11-27-44(39)55-48/h1-31H. The molecule has 262 valence electrons. The Morgan fingerprint density at radius 3 is 1.62 bits per heavy atom. The molecule has 0 bridgehead atoms. The SMILES string of the molecule is c1ccc(-c2cccc(-c3nc(-c4ccccc4)nc(-c4cccc5oc6c(-c7cc(-c8ccccc8)c8oc9ccccc9c8c7)cccc6c45)n3)c2)cc1. The molecule has 0 amide bonds. The first kappa shape index (κ1) is 31.9. The van der Waals surface area contributed by atoms with Gasteiger partial charge in [0.2, 0.25) is 0 Å². The van der Waals surface area contributed by atoms with Gasteiger partial charge in [0.25, 0.3) is 0 Å². The van der Waals surface area contributed by atoms with E-state index in [-0.39, 0.29) is 0 Å². The number of para-hydroxylation sites is 2. The zero-order chi connectivity index (χ0) is 37.0. The van der Waals surface area contributed by atoms with E-state index >= 15 is 0 Å². The summed E-state index contributed by atoms with van der Waals surface area (Å²) in [5.41, 5.74) is 12.4. The Kier molecular flexibility index (Phi) is 7.42. The Labute approximate surface area is 322 Å². The van der Waals surface area contributed by atoms with E-state index in [2.05, 4.69) is 121 Å². The van der Waals surface area contributed by atoms with E-state index < -0.39 is 0 Å². The molecule has 56 heavy (non-hydrogen) atoms. The molecule has 0 aliphatic carbocycles. The zero-order valence-corrected chi connectivity index (χ0v) is 30.1. The zero-order valence-electron chi connectivity index (χ0n) is 30.1. The van der Waals surface area contributed by atoms with Crippen LogP contribution in [0.1, 0.15) is 0 Å². The second-order valence-electron chi connectivity index (χ2n) is 13.9. The van der Waals surface area contributed by atoms with E-state index in [4.69, 9.17) is 23.8 Å². The molecule has 8 aromatic carbocycles. The average Bonchev–Trinajstić information content (AvgIpc) is 3.86. The average molecular weight is 718 g/mol. The molecule has 0 aliphatic rings. The molecule has 0 saturated heterocycles. The van der Waals surface area contributed by atoms with Gasteiger partial charge in [0, 0.05) is 49.4 Å². The maximum atomic E-state index is 6.83. The quantitative estimate of drug-likeness (QED) is 0.171. The van der Waals surface area contributed by atoms with Crippen molar-refractivity contribution in [3.63, 3.8) is 0 Å². The van der Waals surface area contributed by atoms with Gasteiger partial charge in [-0.25, -0.2) is 15.0 Å². The lowest BCUT2D eigenvalue weighted by molar-refractivity contribution is 0.669. The maximum absolute atomic E-state index is 6.83. The molecule has 0 unspecified atom stereocenters. The monoisotopic (exact) mass is 717 g/mol. The van der Waals surface area contributed by atoms with Crippen molar-refractivity contribution >= 4 is 43.9 Å². The van der Waals surface area contributed by atoms with E-state index in [1.807, 2.05) is 66.7 Å². The van der Waals surface area contributed by atoms with Crippen LogP contribution in [0.4, 0.5) is 0 Å². The Morgan fingerprint density at radius 1 is 0.286 bits per heavy atom. The second kappa shape index (κ2) is 13.0. The summed E-state index contributed by atoms with van der Waals surface area (Å²) in [6.07, 6.45) is 0. The van der Waals surface area contributed by atoms with Crippen molar-refractivity contribution in [3.8, 4) is 67.5 Å². The first-order valence-electron chi connectivity index (χ1n) is 18.7. The van der Waals surface area contributed by atoms with Gasteiger partial charge in [-0.1, -0.05) is 158 Å². The Morgan fingerprint density at radius 2 is 0.821 bits per heavy atom. The maximum Gasteiger partial charge on any atom is 0.164 e. The molecule has 5 heteroatoms. The van der Waals surface area contributed by atoms with E-state index in [1.54, 1.807) is 0 Å². The van der Waals surface area contributed by atoms with Crippen molar-refractivity contribution in [2.45, 2.75) is 0 Å². The number of nitrogens with zero attached hydrogens (tertiary/aromatic N) is 3. The number of benzene rings is 8. The van der Waals surface area contributed by atoms with Gasteiger partial charge in [-0.3, -0.25) is 0 Å². The van der Waals surface area contributed by atoms with Crippen LogP contribution in [0.2, 0.25) is 0 Å². The minimum Gasteiger partial charge on any atom is -0.455 e. The smallest absolute Gasteiger partial charge is 0.164 e. The normalized spacial score (nSPS) is 11.6. The Hall–Kier alpha value is -7.63. The molecule has 0 radical (unpaired) electrons. The van der Waals surface area contributed by atoms with Gasteiger partial charge in [-0.05, 0) is 52.6 Å². The highest BCUT2D eigenvalue weighted by atomic mass is 16.3. The molecule has 0 saturated carbocycles. The van der Waals surface area contributed by atoms with Crippen LogP contribution in [-0.2, 0) is 0 Å². The fraction of sp³-hybridized carbons (Fsp3) is 0. The summed E-state index contributed by atoms with van der Waals surface area (Å²) in [5.74, 6) is 1.79. The second-order valence-corrected chi connectivity index (χ2v) is 13.9. The van der Waals surface area contributed by atoms with Crippen LogP contribution in [0.5, 0.6) is 0 Å². The highest BCUT2D eigenvalue weighted by Crippen LogP contribution is 2.44. The molecular formula is C51H31N3O2. The van der Waals surface area contributed by atoms with Crippen molar-refractivity contribution in [1.82, 2.24) is 15.0 Å². The minimum absolute atomic E-state index is 0.579. The van der Waals surface area contributed by atoms with E-state index in [9.17, 15) is 0 Å². The van der Waals surface area contributed by atoms with E-state index in [0.717, 1.165) is 93.9 Å². The molecule has 0 aliphatic heterocycles. The lowest BCUT2D eigenvalue weighted by Crippen LogP contribution is -2.00. The van der Waals surface area contributed by atoms with Gasteiger partial charge >= 0.3 is 0 Å². The molecule has 3 aromatic heterocycles. The molecule has 11 aromatic rings. The molecule has 0 spiro atoms. The number of furan rings is 2. The Balaban J connectivity index is 1.12. The highest BCUT2D eigenvalue weighted by Gasteiger charge is 2.21. The number of rotatable bonds is 6. The highest BCUT2D eigenvalue weighted by molar-refractivity contribution is 6.17. The fourth-order valence-corrected chi connectivity index (χ4v) is 7.89. The summed E-state index contributed by atoms with van der Waals surface area (Å²) in [5, 5.41) is 4.08. The summed E-state index contributed by atoms with van der Waals surface area (Å²) >= 11 is 0. The largest absolute Gasteiger partial charge is 0.455 e. The van der Waals surface area contributed by atoms with E-state index in [0.29, 0.717) is 17.5 Å². The number of aromatic nitrogens is 3. The fourth-order valence-electron chi connectivity index (χ4n) is 7.89. The number of fused-ring (bicyclic) bond motifs is 6. The predicted molar refractivity (Wildman–Crippen MR) is 227 cm³/mol. The van der Waals surface area contributed by atoms with Crippen LogP contribution >= 0.6 is 0 Å². The van der Waals surface area contributed by atoms with Crippen LogP contribution in [0, 0.1) is 0 Å². The third-order valence-corrected chi connectivity index (χ3v) is 10.5. The van der Waals surface area contributed by atoms with E-state index in [1.165, 1.54) is 0 Å². The molecule has 0 N–H and O–H groups in total. The summed E-state index contributed by atoms with van der Waals surface area (Å²) < 4.78 is 13.3. The first-order chi connectivity index (χ1) is 27.7. The first-order valence-corrected chi connectivity index (χ1v) is 18.7. The van der Waals surface area contributed by atoms with Crippen LogP contribution in [0.3, 0.4) is 0 Å². The predicted octanol–water partition coefficient (Wildman–Crippen LogP) is 13.7. The van der Waals surface area contributed by atoms with Gasteiger partial charge in [-0.2, -0.15) is 0 Å².